The van der Waals surface area contributed by atoms with Crippen molar-refractivity contribution in [1.82, 2.24) is 0 Å². The Morgan fingerprint density at radius 1 is 1.11 bits per heavy atom. The van der Waals surface area contributed by atoms with Gasteiger partial charge in [0.25, 0.3) is 11.8 Å². The van der Waals surface area contributed by atoms with Crippen molar-refractivity contribution in [2.75, 3.05) is 23.9 Å². The molecule has 1 aliphatic rings. The van der Waals surface area contributed by atoms with Crippen molar-refractivity contribution in [3.05, 3.63) is 87.3 Å². The molecule has 1 heterocycles. The Hall–Kier alpha value is -3.33. The minimum atomic E-state index is -0.332. The summed E-state index contributed by atoms with van der Waals surface area (Å²) in [5.74, 6) is 0.332. The van der Waals surface area contributed by atoms with Crippen molar-refractivity contribution < 1.29 is 19.1 Å². The number of thiocarbonyl (C=S) groups is 1. The molecule has 3 aromatic carbocycles. The molecular formula is C28H25ClN2O4S2. The molecule has 3 aromatic rings. The number of nitrogens with zero attached hydrogens (tertiary/aromatic N) is 1. The van der Waals surface area contributed by atoms with Gasteiger partial charge >= 0.3 is 0 Å². The summed E-state index contributed by atoms with van der Waals surface area (Å²) < 4.78 is 11.6. The molecule has 4 rings (SSSR count). The molecule has 2 amide bonds. The van der Waals surface area contributed by atoms with E-state index in [0.29, 0.717) is 31.4 Å². The molecule has 0 saturated carbocycles. The lowest BCUT2D eigenvalue weighted by atomic mass is 10.1. The van der Waals surface area contributed by atoms with Gasteiger partial charge in [0, 0.05) is 10.7 Å². The number of hydrogen-bond acceptors (Lipinski definition) is 6. The van der Waals surface area contributed by atoms with E-state index in [0.717, 1.165) is 23.2 Å². The minimum Gasteiger partial charge on any atom is -0.493 e. The third-order valence-electron chi connectivity index (χ3n) is 5.70. The van der Waals surface area contributed by atoms with Crippen molar-refractivity contribution in [2.24, 2.45) is 0 Å². The van der Waals surface area contributed by atoms with Crippen molar-refractivity contribution in [1.29, 1.82) is 0 Å². The number of benzene rings is 3. The largest absolute Gasteiger partial charge is 0.493 e. The lowest BCUT2D eigenvalue weighted by molar-refractivity contribution is -0.118. The Morgan fingerprint density at radius 3 is 2.54 bits per heavy atom. The van der Waals surface area contributed by atoms with Crippen LogP contribution in [0.25, 0.3) is 6.08 Å². The topological polar surface area (TPSA) is 67.9 Å². The van der Waals surface area contributed by atoms with Crippen LogP contribution in [0.15, 0.2) is 65.6 Å². The van der Waals surface area contributed by atoms with Gasteiger partial charge in [0.15, 0.2) is 22.4 Å². The smallest absolute Gasteiger partial charge is 0.270 e. The molecule has 190 valence electrons. The summed E-state index contributed by atoms with van der Waals surface area (Å²) in [5.41, 5.74) is 4.19. The first kappa shape index (κ1) is 26.7. The van der Waals surface area contributed by atoms with Crippen LogP contribution in [0.5, 0.6) is 11.5 Å². The fraction of sp³-hybridized carbons (Fsp3) is 0.179. The molecule has 0 unspecified atom stereocenters. The molecule has 1 N–H and O–H groups in total. The van der Waals surface area contributed by atoms with Crippen LogP contribution in [0.3, 0.4) is 0 Å². The van der Waals surface area contributed by atoms with Crippen LogP contribution in [-0.2, 0) is 16.0 Å². The predicted molar refractivity (Wildman–Crippen MR) is 155 cm³/mol. The zero-order chi connectivity index (χ0) is 26.5. The second kappa shape index (κ2) is 11.8. The summed E-state index contributed by atoms with van der Waals surface area (Å²) in [6, 6.07) is 18.3. The fourth-order valence-electron chi connectivity index (χ4n) is 3.63. The summed E-state index contributed by atoms with van der Waals surface area (Å²) in [6.45, 7) is 3.76. The van der Waals surface area contributed by atoms with E-state index in [1.165, 1.54) is 24.4 Å². The van der Waals surface area contributed by atoms with E-state index >= 15 is 0 Å². The van der Waals surface area contributed by atoms with E-state index in [2.05, 4.69) is 12.2 Å². The molecule has 0 spiro atoms. The molecule has 6 nitrogen and oxygen atoms in total. The number of anilines is 2. The van der Waals surface area contributed by atoms with Crippen LogP contribution < -0.4 is 19.7 Å². The van der Waals surface area contributed by atoms with Crippen LogP contribution in [0.1, 0.15) is 23.6 Å². The quantitative estimate of drug-likeness (QED) is 0.249. The molecule has 0 atom stereocenters. The van der Waals surface area contributed by atoms with Gasteiger partial charge in [-0.1, -0.05) is 66.8 Å². The van der Waals surface area contributed by atoms with Gasteiger partial charge in [0.05, 0.1) is 17.7 Å². The number of rotatable bonds is 8. The number of halogens is 1. The van der Waals surface area contributed by atoms with Crippen molar-refractivity contribution in [3.8, 4) is 11.5 Å². The Bertz CT molecular complexity index is 1390. The second-order valence-electron chi connectivity index (χ2n) is 8.25. The first-order chi connectivity index (χ1) is 17.8. The molecule has 1 saturated heterocycles. The fourth-order valence-corrected chi connectivity index (χ4v) is 5.11. The van der Waals surface area contributed by atoms with Gasteiger partial charge in [-0.25, -0.2) is 0 Å². The summed E-state index contributed by atoms with van der Waals surface area (Å²) in [6.07, 6.45) is 2.69. The summed E-state index contributed by atoms with van der Waals surface area (Å²) in [4.78, 5) is 27.5. The molecule has 37 heavy (non-hydrogen) atoms. The zero-order valence-electron chi connectivity index (χ0n) is 20.5. The number of amides is 2. The van der Waals surface area contributed by atoms with Crippen LogP contribution in [0.4, 0.5) is 11.4 Å². The van der Waals surface area contributed by atoms with E-state index in [-0.39, 0.29) is 18.4 Å². The average molecular weight is 553 g/mol. The highest BCUT2D eigenvalue weighted by molar-refractivity contribution is 8.27. The SMILES string of the molecule is CCc1ccc(N2C(=O)/C(=C/c3ccc(OCC(=O)Nc4ccc(C)c(Cl)c4)c(OC)c3)SC2=S)cc1. The van der Waals surface area contributed by atoms with Crippen LogP contribution >= 0.6 is 35.6 Å². The Labute approximate surface area is 230 Å². The van der Waals surface area contributed by atoms with Gasteiger partial charge in [0.1, 0.15) is 0 Å². The van der Waals surface area contributed by atoms with E-state index in [4.69, 9.17) is 33.3 Å². The standard InChI is InChI=1S/C28H25ClN2O4S2/c1-4-18-6-10-21(11-7-18)31-27(33)25(37-28(31)36)14-19-8-12-23(24(13-19)34-3)35-16-26(32)30-20-9-5-17(2)22(29)15-20/h5-15H,4,16H2,1-3H3,(H,30,32)/b25-14-. The number of nitrogens with one attached hydrogen (secondary N) is 1. The number of hydrogen-bond donors (Lipinski definition) is 1. The molecule has 1 aliphatic heterocycles. The number of thioether (sulfide) groups is 1. The third kappa shape index (κ3) is 6.33. The Morgan fingerprint density at radius 2 is 1.86 bits per heavy atom. The average Bonchev–Trinajstić information content (AvgIpc) is 3.17. The molecule has 0 aromatic heterocycles. The number of aryl methyl sites for hydroxylation is 2. The molecular weight excluding hydrogens is 528 g/mol. The Kier molecular flexibility index (Phi) is 8.53. The maximum absolute atomic E-state index is 13.1. The zero-order valence-corrected chi connectivity index (χ0v) is 22.9. The van der Waals surface area contributed by atoms with Gasteiger partial charge in [-0.3, -0.25) is 14.5 Å². The molecule has 1 fully saturated rings. The third-order valence-corrected chi connectivity index (χ3v) is 7.41. The highest BCUT2D eigenvalue weighted by Crippen LogP contribution is 2.37. The lowest BCUT2D eigenvalue weighted by Gasteiger charge is -2.14. The van der Waals surface area contributed by atoms with E-state index in [9.17, 15) is 9.59 Å². The van der Waals surface area contributed by atoms with Gasteiger partial charge in [-0.15, -0.1) is 0 Å². The summed E-state index contributed by atoms with van der Waals surface area (Å²) >= 11 is 12.8. The number of carbonyl (C=O) groups excluding carboxylic acids is 2. The summed E-state index contributed by atoms with van der Waals surface area (Å²) in [7, 11) is 1.51. The highest BCUT2D eigenvalue weighted by atomic mass is 35.5. The maximum Gasteiger partial charge on any atom is 0.270 e. The first-order valence-electron chi connectivity index (χ1n) is 11.5. The monoisotopic (exact) mass is 552 g/mol. The van der Waals surface area contributed by atoms with E-state index < -0.39 is 0 Å². The van der Waals surface area contributed by atoms with Gasteiger partial charge in [-0.2, -0.15) is 0 Å². The van der Waals surface area contributed by atoms with Crippen LogP contribution in [0.2, 0.25) is 5.02 Å². The molecule has 9 heteroatoms. The minimum absolute atomic E-state index is 0.175. The van der Waals surface area contributed by atoms with Gasteiger partial charge < -0.3 is 14.8 Å². The molecule has 0 radical (unpaired) electrons. The van der Waals surface area contributed by atoms with E-state index in [1.807, 2.05) is 37.3 Å². The van der Waals surface area contributed by atoms with Crippen molar-refractivity contribution in [3.63, 3.8) is 0 Å². The summed E-state index contributed by atoms with van der Waals surface area (Å²) in [5, 5.41) is 3.33. The highest BCUT2D eigenvalue weighted by Gasteiger charge is 2.33. The van der Waals surface area contributed by atoms with Crippen molar-refractivity contribution >= 4 is 69.2 Å². The Balaban J connectivity index is 1.44. The van der Waals surface area contributed by atoms with Crippen LogP contribution in [0, 0.1) is 6.92 Å². The van der Waals surface area contributed by atoms with Crippen molar-refractivity contribution in [2.45, 2.75) is 20.3 Å². The molecule has 0 aliphatic carbocycles. The number of carbonyl (C=O) groups is 2. The first-order valence-corrected chi connectivity index (χ1v) is 13.1. The predicted octanol–water partition coefficient (Wildman–Crippen LogP) is 6.64. The van der Waals surface area contributed by atoms with Gasteiger partial charge in [-0.05, 0) is 72.5 Å². The van der Waals surface area contributed by atoms with E-state index in [1.54, 1.807) is 41.3 Å². The lowest BCUT2D eigenvalue weighted by Crippen LogP contribution is -2.27. The molecule has 0 bridgehead atoms. The van der Waals surface area contributed by atoms with Crippen LogP contribution in [-0.4, -0.2) is 29.9 Å². The second-order valence-corrected chi connectivity index (χ2v) is 10.3. The normalized spacial score (nSPS) is 14.3. The number of methoxy groups -OCH3 is 1. The number of ether oxygens (including phenoxy) is 2. The maximum atomic E-state index is 13.1. The van der Waals surface area contributed by atoms with Gasteiger partial charge in [0.2, 0.25) is 0 Å².